The normalized spacial score (nSPS) is 12.0. The van der Waals surface area contributed by atoms with Crippen molar-refractivity contribution in [1.82, 2.24) is 0 Å². The monoisotopic (exact) mass is 115 g/mol. The Balaban J connectivity index is 3.11. The lowest BCUT2D eigenvalue weighted by Gasteiger charge is -2.25. The molecule has 0 bridgehead atoms. The molecule has 1 heteroatoms. The summed E-state index contributed by atoms with van der Waals surface area (Å²) >= 11 is 0. The summed E-state index contributed by atoms with van der Waals surface area (Å²) in [4.78, 5) is 0. The van der Waals surface area contributed by atoms with Crippen LogP contribution in [-0.2, 0) is 0 Å². The van der Waals surface area contributed by atoms with Crippen LogP contribution in [0, 0.1) is 12.3 Å². The summed E-state index contributed by atoms with van der Waals surface area (Å²) in [5.41, 5.74) is 0.142. The number of aliphatic hydroxyl groups is 1. The van der Waals surface area contributed by atoms with Crippen LogP contribution in [0.4, 0.5) is 0 Å². The van der Waals surface area contributed by atoms with E-state index in [0.29, 0.717) is 6.61 Å². The summed E-state index contributed by atoms with van der Waals surface area (Å²) in [7, 11) is 0. The molecule has 0 saturated carbocycles. The molecule has 8 heavy (non-hydrogen) atoms. The van der Waals surface area contributed by atoms with Crippen molar-refractivity contribution in [3.05, 3.63) is 6.92 Å². The molecule has 0 fully saturated rings. The first-order chi connectivity index (χ1) is 3.56. The summed E-state index contributed by atoms with van der Waals surface area (Å²) < 4.78 is 0. The first kappa shape index (κ1) is 7.96. The van der Waals surface area contributed by atoms with Crippen LogP contribution < -0.4 is 0 Å². The van der Waals surface area contributed by atoms with Gasteiger partial charge in [0.05, 0.1) is 0 Å². The van der Waals surface area contributed by atoms with E-state index in [1.165, 1.54) is 0 Å². The molecule has 0 amide bonds. The van der Waals surface area contributed by atoms with Gasteiger partial charge in [-0.15, -0.1) is 0 Å². The van der Waals surface area contributed by atoms with E-state index in [0.717, 1.165) is 12.8 Å². The highest BCUT2D eigenvalue weighted by Gasteiger charge is 1.99. The van der Waals surface area contributed by atoms with E-state index in [1.54, 1.807) is 0 Å². The number of hydrogen-bond acceptors (Lipinski definition) is 1. The van der Waals surface area contributed by atoms with Crippen molar-refractivity contribution in [1.29, 1.82) is 0 Å². The van der Waals surface area contributed by atoms with Crippen molar-refractivity contribution in [2.24, 2.45) is 5.41 Å². The fraction of sp³-hybridized carbons (Fsp3) is 0.857. The maximum absolute atomic E-state index is 8.40. The third kappa shape index (κ3) is 5.96. The van der Waals surface area contributed by atoms with Crippen LogP contribution >= 0.6 is 0 Å². The Morgan fingerprint density at radius 2 is 2.00 bits per heavy atom. The average Bonchev–Trinajstić information content (AvgIpc) is 1.59. The van der Waals surface area contributed by atoms with Crippen LogP contribution in [0.2, 0.25) is 0 Å². The van der Waals surface area contributed by atoms with E-state index in [4.69, 9.17) is 5.11 Å². The van der Waals surface area contributed by atoms with Gasteiger partial charge in [-0.1, -0.05) is 20.3 Å². The predicted octanol–water partition coefficient (Wildman–Crippen LogP) is 1.62. The van der Waals surface area contributed by atoms with Crippen LogP contribution in [0.1, 0.15) is 26.7 Å². The van der Waals surface area contributed by atoms with E-state index in [-0.39, 0.29) is 5.41 Å². The van der Waals surface area contributed by atoms with E-state index in [2.05, 4.69) is 20.8 Å². The van der Waals surface area contributed by atoms with Gasteiger partial charge < -0.3 is 12.0 Å². The Labute approximate surface area is 51.7 Å². The van der Waals surface area contributed by atoms with E-state index in [1.807, 2.05) is 0 Å². The molecule has 50 valence electrons. The highest BCUT2D eigenvalue weighted by molar-refractivity contribution is 4.69. The van der Waals surface area contributed by atoms with Gasteiger partial charge in [-0.05, 0) is 6.42 Å². The standard InChI is InChI=1S/C7H15O/c1-7(2,3)5-4-6-8/h8H,1,4-6H2,2-3H3/q-1. The van der Waals surface area contributed by atoms with Gasteiger partial charge in [-0.25, -0.2) is 0 Å². The molecule has 0 aliphatic rings. The molecule has 0 rings (SSSR count). The molecule has 0 aromatic heterocycles. The Hall–Kier alpha value is -0.0400. The molecule has 0 aromatic carbocycles. The van der Waals surface area contributed by atoms with Crippen LogP contribution in [0.3, 0.4) is 0 Å². The smallest absolute Gasteiger partial charge is 0.0430 e. The fourth-order valence-corrected chi connectivity index (χ4v) is 0.558. The maximum atomic E-state index is 8.40. The van der Waals surface area contributed by atoms with Gasteiger partial charge in [0, 0.05) is 6.61 Å². The van der Waals surface area contributed by atoms with Crippen molar-refractivity contribution in [2.45, 2.75) is 26.7 Å². The molecule has 0 radical (unpaired) electrons. The quantitative estimate of drug-likeness (QED) is 0.554. The third-order valence-corrected chi connectivity index (χ3v) is 1.01. The molecule has 1 N–H and O–H groups in total. The van der Waals surface area contributed by atoms with Crippen LogP contribution in [-0.4, -0.2) is 11.7 Å². The van der Waals surface area contributed by atoms with Gasteiger partial charge in [-0.2, -0.15) is 5.41 Å². The van der Waals surface area contributed by atoms with Crippen molar-refractivity contribution in [2.75, 3.05) is 6.61 Å². The van der Waals surface area contributed by atoms with Gasteiger partial charge >= 0.3 is 0 Å². The van der Waals surface area contributed by atoms with Crippen LogP contribution in [0.15, 0.2) is 0 Å². The summed E-state index contributed by atoms with van der Waals surface area (Å²) in [6, 6.07) is 0. The van der Waals surface area contributed by atoms with Gasteiger partial charge in [-0.3, -0.25) is 0 Å². The first-order valence-corrected chi connectivity index (χ1v) is 3.02. The Morgan fingerprint density at radius 3 is 2.12 bits per heavy atom. The predicted molar refractivity (Wildman–Crippen MR) is 35.5 cm³/mol. The maximum Gasteiger partial charge on any atom is 0.0430 e. The van der Waals surface area contributed by atoms with Crippen LogP contribution in [0.5, 0.6) is 0 Å². The molecule has 0 atom stereocenters. The zero-order chi connectivity index (χ0) is 6.62. The lowest BCUT2D eigenvalue weighted by Crippen LogP contribution is -2.05. The first-order valence-electron chi connectivity index (χ1n) is 3.02. The summed E-state index contributed by atoms with van der Waals surface area (Å²) in [5, 5.41) is 8.40. The average molecular weight is 115 g/mol. The molecular formula is C7H15O-. The minimum Gasteiger partial charge on any atom is -0.396 e. The van der Waals surface area contributed by atoms with Crippen molar-refractivity contribution in [3.63, 3.8) is 0 Å². The Kier molecular flexibility index (Phi) is 3.06. The van der Waals surface area contributed by atoms with Crippen molar-refractivity contribution in [3.8, 4) is 0 Å². The SMILES string of the molecule is [CH2-]C(C)(C)CCCO. The second-order valence-corrected chi connectivity index (χ2v) is 2.99. The topological polar surface area (TPSA) is 20.2 Å². The number of rotatable bonds is 3. The van der Waals surface area contributed by atoms with Gasteiger partial charge in [0.1, 0.15) is 0 Å². The molecule has 0 aromatic rings. The van der Waals surface area contributed by atoms with Gasteiger partial charge in [0.25, 0.3) is 0 Å². The second kappa shape index (κ2) is 3.08. The zero-order valence-corrected chi connectivity index (χ0v) is 5.78. The minimum absolute atomic E-state index is 0.142. The molecule has 0 aliphatic carbocycles. The van der Waals surface area contributed by atoms with E-state index < -0.39 is 0 Å². The van der Waals surface area contributed by atoms with E-state index in [9.17, 15) is 0 Å². The lowest BCUT2D eigenvalue weighted by molar-refractivity contribution is 0.261. The largest absolute Gasteiger partial charge is 0.396 e. The highest BCUT2D eigenvalue weighted by atomic mass is 16.2. The van der Waals surface area contributed by atoms with Gasteiger partial charge in [0.2, 0.25) is 0 Å². The Bertz CT molecular complexity index is 51.9. The summed E-state index contributed by atoms with van der Waals surface area (Å²) in [5.74, 6) is 0. The van der Waals surface area contributed by atoms with Gasteiger partial charge in [0.15, 0.2) is 0 Å². The third-order valence-electron chi connectivity index (χ3n) is 1.01. The summed E-state index contributed by atoms with van der Waals surface area (Å²) in [6.45, 7) is 8.33. The minimum atomic E-state index is 0.142. The second-order valence-electron chi connectivity index (χ2n) is 2.99. The molecular weight excluding hydrogens is 100 g/mol. The Morgan fingerprint density at radius 1 is 1.50 bits per heavy atom. The molecule has 0 aliphatic heterocycles. The fourth-order valence-electron chi connectivity index (χ4n) is 0.558. The lowest BCUT2D eigenvalue weighted by atomic mass is 9.91. The number of hydrogen-bond donors (Lipinski definition) is 1. The highest BCUT2D eigenvalue weighted by Crippen LogP contribution is 2.18. The van der Waals surface area contributed by atoms with Crippen molar-refractivity contribution >= 4 is 0 Å². The molecule has 0 unspecified atom stereocenters. The van der Waals surface area contributed by atoms with Crippen molar-refractivity contribution < 1.29 is 5.11 Å². The molecule has 1 nitrogen and oxygen atoms in total. The van der Waals surface area contributed by atoms with E-state index >= 15 is 0 Å². The van der Waals surface area contributed by atoms with Crippen LogP contribution in [0.25, 0.3) is 0 Å². The molecule has 0 saturated heterocycles. The molecule has 0 spiro atoms. The molecule has 0 heterocycles. The zero-order valence-electron chi connectivity index (χ0n) is 5.78. The summed E-state index contributed by atoms with van der Waals surface area (Å²) in [6.07, 6.45) is 1.88. The number of aliphatic hydroxyl groups excluding tert-OH is 1.